The fraction of sp³-hybridized carbons (Fsp3) is 0.545. The molecule has 1 N–H and O–H groups in total. The SMILES string of the molecule is OCc1ccc(OCC2CCOC2)nc1. The number of rotatable bonds is 4. The third-order valence-corrected chi connectivity index (χ3v) is 2.47. The van der Waals surface area contributed by atoms with Gasteiger partial charge in [0.25, 0.3) is 0 Å². The van der Waals surface area contributed by atoms with Gasteiger partial charge in [-0.2, -0.15) is 0 Å². The molecule has 1 atom stereocenters. The monoisotopic (exact) mass is 209 g/mol. The Hall–Kier alpha value is -1.13. The van der Waals surface area contributed by atoms with E-state index in [9.17, 15) is 0 Å². The van der Waals surface area contributed by atoms with Crippen molar-refractivity contribution in [2.24, 2.45) is 5.92 Å². The van der Waals surface area contributed by atoms with Gasteiger partial charge in [-0.1, -0.05) is 0 Å². The molecule has 4 heteroatoms. The van der Waals surface area contributed by atoms with Crippen molar-refractivity contribution in [3.8, 4) is 5.88 Å². The number of nitrogens with zero attached hydrogens (tertiary/aromatic N) is 1. The second-order valence-electron chi connectivity index (χ2n) is 3.70. The largest absolute Gasteiger partial charge is 0.477 e. The molecule has 1 aliphatic heterocycles. The van der Waals surface area contributed by atoms with Crippen LogP contribution in [0.2, 0.25) is 0 Å². The first-order valence-corrected chi connectivity index (χ1v) is 5.15. The Balaban J connectivity index is 1.82. The molecule has 0 spiro atoms. The molecule has 1 unspecified atom stereocenters. The average molecular weight is 209 g/mol. The van der Waals surface area contributed by atoms with E-state index >= 15 is 0 Å². The highest BCUT2D eigenvalue weighted by Crippen LogP contribution is 2.14. The smallest absolute Gasteiger partial charge is 0.213 e. The Morgan fingerprint density at radius 2 is 2.47 bits per heavy atom. The van der Waals surface area contributed by atoms with Crippen molar-refractivity contribution in [3.63, 3.8) is 0 Å². The molecule has 0 bridgehead atoms. The number of aromatic nitrogens is 1. The second-order valence-corrected chi connectivity index (χ2v) is 3.70. The summed E-state index contributed by atoms with van der Waals surface area (Å²) in [7, 11) is 0. The van der Waals surface area contributed by atoms with Crippen molar-refractivity contribution in [2.75, 3.05) is 19.8 Å². The lowest BCUT2D eigenvalue weighted by atomic mass is 10.1. The van der Waals surface area contributed by atoms with Crippen molar-refractivity contribution >= 4 is 0 Å². The summed E-state index contributed by atoms with van der Waals surface area (Å²) in [4.78, 5) is 4.09. The Morgan fingerprint density at radius 3 is 3.07 bits per heavy atom. The predicted molar refractivity (Wildman–Crippen MR) is 54.6 cm³/mol. The fourth-order valence-electron chi connectivity index (χ4n) is 1.51. The summed E-state index contributed by atoms with van der Waals surface area (Å²) in [5.41, 5.74) is 0.798. The van der Waals surface area contributed by atoms with Crippen molar-refractivity contribution in [1.29, 1.82) is 0 Å². The zero-order valence-electron chi connectivity index (χ0n) is 8.56. The fourth-order valence-corrected chi connectivity index (χ4v) is 1.51. The van der Waals surface area contributed by atoms with E-state index in [1.54, 1.807) is 12.3 Å². The Bertz CT molecular complexity index is 293. The molecule has 1 saturated heterocycles. The molecule has 2 rings (SSSR count). The molecule has 0 amide bonds. The van der Waals surface area contributed by atoms with E-state index in [4.69, 9.17) is 14.6 Å². The molecular formula is C11H15NO3. The van der Waals surface area contributed by atoms with Crippen molar-refractivity contribution in [3.05, 3.63) is 23.9 Å². The molecule has 1 aromatic heterocycles. The van der Waals surface area contributed by atoms with Crippen LogP contribution in [0.5, 0.6) is 5.88 Å². The molecule has 2 heterocycles. The highest BCUT2D eigenvalue weighted by molar-refractivity contribution is 5.16. The lowest BCUT2D eigenvalue weighted by Crippen LogP contribution is -2.12. The summed E-state index contributed by atoms with van der Waals surface area (Å²) in [6.45, 7) is 2.30. The van der Waals surface area contributed by atoms with Crippen LogP contribution in [0, 0.1) is 5.92 Å². The lowest BCUT2D eigenvalue weighted by molar-refractivity contribution is 0.165. The van der Waals surface area contributed by atoms with Crippen molar-refractivity contribution in [1.82, 2.24) is 4.98 Å². The van der Waals surface area contributed by atoms with Crippen LogP contribution in [0.3, 0.4) is 0 Å². The molecule has 0 saturated carbocycles. The highest BCUT2D eigenvalue weighted by atomic mass is 16.5. The van der Waals surface area contributed by atoms with Gasteiger partial charge >= 0.3 is 0 Å². The third kappa shape index (κ3) is 2.91. The minimum atomic E-state index is 0.0176. The Morgan fingerprint density at radius 1 is 1.53 bits per heavy atom. The van der Waals surface area contributed by atoms with Gasteiger partial charge in [-0.15, -0.1) is 0 Å². The summed E-state index contributed by atoms with van der Waals surface area (Å²) >= 11 is 0. The number of hydrogen-bond acceptors (Lipinski definition) is 4. The van der Waals surface area contributed by atoms with E-state index in [0.29, 0.717) is 18.4 Å². The first-order chi connectivity index (χ1) is 7.38. The molecule has 0 aliphatic carbocycles. The maximum Gasteiger partial charge on any atom is 0.213 e. The summed E-state index contributed by atoms with van der Waals surface area (Å²) in [5, 5.41) is 8.83. The highest BCUT2D eigenvalue weighted by Gasteiger charge is 2.16. The molecule has 0 radical (unpaired) electrons. The van der Waals surface area contributed by atoms with Crippen LogP contribution in [-0.4, -0.2) is 29.9 Å². The van der Waals surface area contributed by atoms with Gasteiger partial charge in [0.05, 0.1) is 19.8 Å². The van der Waals surface area contributed by atoms with Gasteiger partial charge in [0.15, 0.2) is 0 Å². The molecule has 1 fully saturated rings. The van der Waals surface area contributed by atoms with E-state index < -0.39 is 0 Å². The standard InChI is InChI=1S/C11H15NO3/c13-6-9-1-2-11(12-5-9)15-8-10-3-4-14-7-10/h1-2,5,10,13H,3-4,6-8H2. The molecule has 1 aromatic rings. The summed E-state index contributed by atoms with van der Waals surface area (Å²) < 4.78 is 10.8. The zero-order chi connectivity index (χ0) is 10.5. The van der Waals surface area contributed by atoms with Crippen LogP contribution in [0.1, 0.15) is 12.0 Å². The van der Waals surface area contributed by atoms with Gasteiger partial charge in [0.2, 0.25) is 5.88 Å². The molecular weight excluding hydrogens is 194 g/mol. The number of pyridine rings is 1. The Kier molecular flexibility index (Phi) is 3.53. The van der Waals surface area contributed by atoms with Gasteiger partial charge in [-0.25, -0.2) is 4.98 Å². The van der Waals surface area contributed by atoms with Crippen LogP contribution in [-0.2, 0) is 11.3 Å². The number of hydrogen-bond donors (Lipinski definition) is 1. The number of ether oxygens (including phenoxy) is 2. The maximum atomic E-state index is 8.83. The van der Waals surface area contributed by atoms with Crippen molar-refractivity contribution in [2.45, 2.75) is 13.0 Å². The number of aliphatic hydroxyl groups excluding tert-OH is 1. The van der Waals surface area contributed by atoms with Crippen molar-refractivity contribution < 1.29 is 14.6 Å². The Labute approximate surface area is 88.9 Å². The van der Waals surface area contributed by atoms with Crippen LogP contribution in [0.4, 0.5) is 0 Å². The minimum absolute atomic E-state index is 0.0176. The second kappa shape index (κ2) is 5.09. The van der Waals surface area contributed by atoms with Gasteiger partial charge < -0.3 is 14.6 Å². The number of aliphatic hydroxyl groups is 1. The quantitative estimate of drug-likeness (QED) is 0.803. The van der Waals surface area contributed by atoms with Gasteiger partial charge in [0, 0.05) is 24.8 Å². The van der Waals surface area contributed by atoms with Gasteiger partial charge in [-0.3, -0.25) is 0 Å². The van der Waals surface area contributed by atoms with E-state index in [1.807, 2.05) is 6.07 Å². The third-order valence-electron chi connectivity index (χ3n) is 2.47. The zero-order valence-corrected chi connectivity index (χ0v) is 8.56. The lowest BCUT2D eigenvalue weighted by Gasteiger charge is -2.09. The first kappa shape index (κ1) is 10.4. The average Bonchev–Trinajstić information content (AvgIpc) is 2.80. The molecule has 4 nitrogen and oxygen atoms in total. The van der Waals surface area contributed by atoms with Gasteiger partial charge in [-0.05, 0) is 18.1 Å². The predicted octanol–water partition coefficient (Wildman–Crippen LogP) is 0.989. The van der Waals surface area contributed by atoms with Crippen LogP contribution in [0.25, 0.3) is 0 Å². The van der Waals surface area contributed by atoms with Crippen LogP contribution < -0.4 is 4.74 Å². The summed E-state index contributed by atoms with van der Waals surface area (Å²) in [6, 6.07) is 3.59. The van der Waals surface area contributed by atoms with Crippen LogP contribution >= 0.6 is 0 Å². The van der Waals surface area contributed by atoms with E-state index in [0.717, 1.165) is 25.2 Å². The normalized spacial score (nSPS) is 20.5. The first-order valence-electron chi connectivity index (χ1n) is 5.15. The topological polar surface area (TPSA) is 51.6 Å². The minimum Gasteiger partial charge on any atom is -0.477 e. The van der Waals surface area contributed by atoms with E-state index in [-0.39, 0.29) is 6.61 Å². The van der Waals surface area contributed by atoms with E-state index in [2.05, 4.69) is 4.98 Å². The molecule has 82 valence electrons. The molecule has 0 aromatic carbocycles. The molecule has 1 aliphatic rings. The summed E-state index contributed by atoms with van der Waals surface area (Å²) in [5.74, 6) is 1.10. The van der Waals surface area contributed by atoms with Crippen LogP contribution in [0.15, 0.2) is 18.3 Å². The maximum absolute atomic E-state index is 8.83. The van der Waals surface area contributed by atoms with E-state index in [1.165, 1.54) is 0 Å². The summed E-state index contributed by atoms with van der Waals surface area (Å²) in [6.07, 6.45) is 2.69. The van der Waals surface area contributed by atoms with Gasteiger partial charge in [0.1, 0.15) is 0 Å². The molecule has 15 heavy (non-hydrogen) atoms.